The Morgan fingerprint density at radius 3 is 2.03 bits per heavy atom. The summed E-state index contributed by atoms with van der Waals surface area (Å²) >= 11 is 0. The molecule has 30 heavy (non-hydrogen) atoms. The van der Waals surface area contributed by atoms with E-state index in [1.807, 2.05) is 0 Å². The van der Waals surface area contributed by atoms with Crippen LogP contribution in [-0.4, -0.2) is 122 Å². The molecule has 6 N–H and O–H groups in total. The van der Waals surface area contributed by atoms with Gasteiger partial charge in [-0.2, -0.15) is 0 Å². The van der Waals surface area contributed by atoms with Crippen molar-refractivity contribution in [3.8, 4) is 0 Å². The molecule has 0 bridgehead atoms. The quantitative estimate of drug-likeness (QED) is 0.145. The first kappa shape index (κ1) is 26.5. The van der Waals surface area contributed by atoms with Crippen molar-refractivity contribution in [2.75, 3.05) is 59.4 Å². The molecule has 0 radical (unpaired) electrons. The first-order valence-electron chi connectivity index (χ1n) is 9.58. The number of nitrogens with one attached hydrogen (secondary N) is 2. The average Bonchev–Trinajstić information content (AvgIpc) is 2.70. The number of aliphatic hydroxyl groups is 3. The number of carbonyl (C=O) groups is 2. The predicted octanol–water partition coefficient (Wildman–Crippen LogP) is -2.74. The SMILES string of the molecule is CC(=O)N[C@H]1C(OCCOCCOCCOCCNC(=O)O)O[C@H](CO)[C@H](O)[C@@H]1O. The molecule has 1 rings (SSSR count). The number of hydrogen-bond acceptors (Lipinski definition) is 10. The molecule has 0 aliphatic carbocycles. The zero-order valence-corrected chi connectivity index (χ0v) is 16.9. The minimum Gasteiger partial charge on any atom is -0.465 e. The van der Waals surface area contributed by atoms with Gasteiger partial charge in [0, 0.05) is 13.5 Å². The molecular weight excluding hydrogens is 408 g/mol. The van der Waals surface area contributed by atoms with Crippen LogP contribution in [-0.2, 0) is 28.5 Å². The molecule has 1 heterocycles. The first-order valence-corrected chi connectivity index (χ1v) is 9.58. The summed E-state index contributed by atoms with van der Waals surface area (Å²) in [5.74, 6) is -0.429. The lowest BCUT2D eigenvalue weighted by Crippen LogP contribution is -2.64. The Hall–Kier alpha value is -1.58. The summed E-state index contributed by atoms with van der Waals surface area (Å²) < 4.78 is 26.7. The highest BCUT2D eigenvalue weighted by molar-refractivity contribution is 5.73. The molecule has 0 spiro atoms. The largest absolute Gasteiger partial charge is 0.465 e. The third-order valence-corrected chi connectivity index (χ3v) is 4.03. The number of aliphatic hydroxyl groups excluding tert-OH is 3. The third kappa shape index (κ3) is 10.4. The van der Waals surface area contributed by atoms with Crippen molar-refractivity contribution >= 4 is 12.0 Å². The second-order valence-corrected chi connectivity index (χ2v) is 6.37. The van der Waals surface area contributed by atoms with E-state index in [9.17, 15) is 24.9 Å². The molecule has 13 nitrogen and oxygen atoms in total. The van der Waals surface area contributed by atoms with Gasteiger partial charge in [-0.3, -0.25) is 4.79 Å². The van der Waals surface area contributed by atoms with E-state index in [1.54, 1.807) is 0 Å². The van der Waals surface area contributed by atoms with Gasteiger partial charge in [-0.25, -0.2) is 4.79 Å². The molecule has 1 fully saturated rings. The van der Waals surface area contributed by atoms with Crippen LogP contribution in [0, 0.1) is 0 Å². The van der Waals surface area contributed by atoms with Crippen LogP contribution in [0.1, 0.15) is 6.92 Å². The highest BCUT2D eigenvalue weighted by Gasteiger charge is 2.45. The maximum atomic E-state index is 11.3. The highest BCUT2D eigenvalue weighted by atomic mass is 16.7. The Labute approximate surface area is 174 Å². The van der Waals surface area contributed by atoms with Gasteiger partial charge in [0.25, 0.3) is 0 Å². The standard InChI is InChI=1S/C17H32N2O11/c1-11(21)19-13-15(23)14(22)12(10-20)30-16(13)29-9-8-28-7-6-27-5-4-26-3-2-18-17(24)25/h12-16,18,20,22-23H,2-10H2,1H3,(H,19,21)(H,24,25)/t12-,13-,14+,15-,16?/m1/s1. The molecule has 2 amide bonds. The van der Waals surface area contributed by atoms with Crippen molar-refractivity contribution in [1.29, 1.82) is 0 Å². The third-order valence-electron chi connectivity index (χ3n) is 4.03. The highest BCUT2D eigenvalue weighted by Crippen LogP contribution is 2.22. The van der Waals surface area contributed by atoms with Crippen molar-refractivity contribution in [1.82, 2.24) is 10.6 Å². The monoisotopic (exact) mass is 440 g/mol. The van der Waals surface area contributed by atoms with Gasteiger partial charge in [0.15, 0.2) is 6.29 Å². The van der Waals surface area contributed by atoms with Gasteiger partial charge in [-0.15, -0.1) is 0 Å². The lowest BCUT2D eigenvalue weighted by molar-refractivity contribution is -0.272. The van der Waals surface area contributed by atoms with Gasteiger partial charge < -0.3 is 54.7 Å². The van der Waals surface area contributed by atoms with Gasteiger partial charge >= 0.3 is 6.09 Å². The molecular formula is C17H32N2O11. The minimum absolute atomic E-state index is 0.0847. The van der Waals surface area contributed by atoms with Gasteiger partial charge in [-0.1, -0.05) is 0 Å². The molecule has 5 atom stereocenters. The van der Waals surface area contributed by atoms with Crippen LogP contribution in [0.2, 0.25) is 0 Å². The zero-order chi connectivity index (χ0) is 22.4. The van der Waals surface area contributed by atoms with Gasteiger partial charge in [-0.05, 0) is 0 Å². The fourth-order valence-electron chi connectivity index (χ4n) is 2.61. The molecule has 0 aromatic heterocycles. The number of rotatable bonds is 15. The second kappa shape index (κ2) is 15.3. The van der Waals surface area contributed by atoms with E-state index < -0.39 is 49.3 Å². The number of carbonyl (C=O) groups excluding carboxylic acids is 1. The maximum Gasteiger partial charge on any atom is 0.404 e. The summed E-state index contributed by atoms with van der Waals surface area (Å²) in [7, 11) is 0. The zero-order valence-electron chi connectivity index (χ0n) is 16.9. The summed E-state index contributed by atoms with van der Waals surface area (Å²) in [5, 5.41) is 42.3. The van der Waals surface area contributed by atoms with E-state index in [2.05, 4.69) is 10.6 Å². The Bertz CT molecular complexity index is 496. The van der Waals surface area contributed by atoms with Crippen molar-refractivity contribution in [2.45, 2.75) is 37.6 Å². The van der Waals surface area contributed by atoms with E-state index in [4.69, 9.17) is 28.8 Å². The summed E-state index contributed by atoms with van der Waals surface area (Å²) in [6.07, 6.45) is -5.92. The molecule has 176 valence electrons. The maximum absolute atomic E-state index is 11.3. The number of hydrogen-bond donors (Lipinski definition) is 6. The summed E-state index contributed by atoms with van der Waals surface area (Å²) in [4.78, 5) is 21.5. The Morgan fingerprint density at radius 2 is 1.50 bits per heavy atom. The van der Waals surface area contributed by atoms with Crippen LogP contribution >= 0.6 is 0 Å². The predicted molar refractivity (Wildman–Crippen MR) is 99.8 cm³/mol. The molecule has 1 aliphatic rings. The summed E-state index contributed by atoms with van der Waals surface area (Å²) in [6, 6.07) is -0.991. The fourth-order valence-corrected chi connectivity index (χ4v) is 2.61. The van der Waals surface area contributed by atoms with Gasteiger partial charge in [0.05, 0.1) is 52.9 Å². The Kier molecular flexibility index (Phi) is 13.5. The lowest BCUT2D eigenvalue weighted by atomic mass is 9.97. The Morgan fingerprint density at radius 1 is 0.933 bits per heavy atom. The average molecular weight is 440 g/mol. The van der Waals surface area contributed by atoms with Crippen LogP contribution in [0.5, 0.6) is 0 Å². The number of amides is 2. The van der Waals surface area contributed by atoms with Crippen LogP contribution in [0.25, 0.3) is 0 Å². The van der Waals surface area contributed by atoms with Gasteiger partial charge in [0.1, 0.15) is 24.4 Å². The number of carboxylic acid groups (broad SMARTS) is 1. The van der Waals surface area contributed by atoms with E-state index in [0.29, 0.717) is 26.4 Å². The summed E-state index contributed by atoms with van der Waals surface area (Å²) in [6.45, 7) is 2.77. The van der Waals surface area contributed by atoms with Crippen molar-refractivity contribution in [2.24, 2.45) is 0 Å². The van der Waals surface area contributed by atoms with Gasteiger partial charge in [0.2, 0.25) is 5.91 Å². The fraction of sp³-hybridized carbons (Fsp3) is 0.882. The second-order valence-electron chi connectivity index (χ2n) is 6.37. The number of ether oxygens (including phenoxy) is 5. The van der Waals surface area contributed by atoms with E-state index in [-0.39, 0.29) is 26.4 Å². The smallest absolute Gasteiger partial charge is 0.404 e. The minimum atomic E-state index is -1.36. The lowest BCUT2D eigenvalue weighted by Gasteiger charge is -2.42. The molecule has 1 aliphatic heterocycles. The van der Waals surface area contributed by atoms with Crippen LogP contribution < -0.4 is 10.6 Å². The van der Waals surface area contributed by atoms with Crippen molar-refractivity contribution in [3.05, 3.63) is 0 Å². The van der Waals surface area contributed by atoms with E-state index >= 15 is 0 Å². The molecule has 1 saturated heterocycles. The van der Waals surface area contributed by atoms with Crippen molar-refractivity contribution < 1.29 is 53.7 Å². The summed E-state index contributed by atoms with van der Waals surface area (Å²) in [5.41, 5.74) is 0. The normalized spacial score (nSPS) is 26.3. The molecule has 0 saturated carbocycles. The Balaban J connectivity index is 2.12. The van der Waals surface area contributed by atoms with Crippen LogP contribution in [0.4, 0.5) is 4.79 Å². The van der Waals surface area contributed by atoms with Crippen LogP contribution in [0.15, 0.2) is 0 Å². The topological polar surface area (TPSA) is 185 Å². The molecule has 1 unspecified atom stereocenters. The molecule has 0 aromatic carbocycles. The van der Waals surface area contributed by atoms with E-state index in [1.165, 1.54) is 6.92 Å². The van der Waals surface area contributed by atoms with Crippen molar-refractivity contribution in [3.63, 3.8) is 0 Å². The van der Waals surface area contributed by atoms with E-state index in [0.717, 1.165) is 0 Å². The van der Waals surface area contributed by atoms with Crippen LogP contribution in [0.3, 0.4) is 0 Å². The molecule has 0 aromatic rings. The molecule has 13 heteroatoms. The first-order chi connectivity index (χ1) is 14.4.